The first-order valence-electron chi connectivity index (χ1n) is 4.03. The van der Waals surface area contributed by atoms with E-state index in [4.69, 9.17) is 5.26 Å². The van der Waals surface area contributed by atoms with Crippen LogP contribution in [0.25, 0.3) is 6.08 Å². The first kappa shape index (κ1) is 10.0. The van der Waals surface area contributed by atoms with Crippen molar-refractivity contribution in [1.29, 1.82) is 5.26 Å². The lowest BCUT2D eigenvalue weighted by Gasteiger charge is -1.96. The molecule has 0 fully saturated rings. The number of methoxy groups -OCH3 is 1. The smallest absolute Gasteiger partial charge is 0.348 e. The van der Waals surface area contributed by atoms with Crippen LogP contribution in [0.3, 0.4) is 0 Å². The standard InChI is InChI=1S/C11H9NO2/c1-14-11(13)10(8-12)7-9-5-3-2-4-6-9/h2-7H,1H3. The summed E-state index contributed by atoms with van der Waals surface area (Å²) in [5.41, 5.74) is 0.799. The molecule has 0 bridgehead atoms. The van der Waals surface area contributed by atoms with Crippen LogP contribution in [0.5, 0.6) is 0 Å². The number of nitrogens with zero attached hydrogens (tertiary/aromatic N) is 1. The molecule has 0 amide bonds. The number of carbonyl (C=O) groups excluding carboxylic acids is 1. The molecule has 0 aliphatic carbocycles. The average molecular weight is 187 g/mol. The second-order valence-electron chi connectivity index (χ2n) is 2.57. The largest absolute Gasteiger partial charge is 0.465 e. The number of benzene rings is 1. The van der Waals surface area contributed by atoms with Crippen LogP contribution in [0.4, 0.5) is 0 Å². The van der Waals surface area contributed by atoms with Gasteiger partial charge < -0.3 is 4.74 Å². The highest BCUT2D eigenvalue weighted by molar-refractivity contribution is 5.97. The van der Waals surface area contributed by atoms with Gasteiger partial charge in [-0.3, -0.25) is 0 Å². The zero-order valence-electron chi connectivity index (χ0n) is 7.73. The van der Waals surface area contributed by atoms with Gasteiger partial charge in [-0.25, -0.2) is 4.79 Å². The number of hydrogen-bond donors (Lipinski definition) is 0. The number of hydrogen-bond acceptors (Lipinski definition) is 3. The minimum Gasteiger partial charge on any atom is -0.465 e. The van der Waals surface area contributed by atoms with Crippen molar-refractivity contribution in [2.45, 2.75) is 0 Å². The van der Waals surface area contributed by atoms with Gasteiger partial charge in [-0.2, -0.15) is 5.26 Å². The van der Waals surface area contributed by atoms with E-state index in [1.54, 1.807) is 18.2 Å². The summed E-state index contributed by atoms with van der Waals surface area (Å²) in [4.78, 5) is 11.0. The van der Waals surface area contributed by atoms with E-state index in [9.17, 15) is 4.79 Å². The number of esters is 1. The van der Waals surface area contributed by atoms with Crippen molar-refractivity contribution >= 4 is 12.0 Å². The Labute approximate surface area is 82.2 Å². The Kier molecular flexibility index (Phi) is 3.45. The molecule has 1 aromatic rings. The minimum atomic E-state index is -0.614. The van der Waals surface area contributed by atoms with Crippen LogP contribution in [-0.4, -0.2) is 13.1 Å². The summed E-state index contributed by atoms with van der Waals surface area (Å²) in [5, 5.41) is 8.67. The van der Waals surface area contributed by atoms with Crippen LogP contribution in [0.2, 0.25) is 0 Å². The van der Waals surface area contributed by atoms with E-state index < -0.39 is 5.97 Å². The molecule has 0 aromatic heterocycles. The maximum absolute atomic E-state index is 11.0. The third-order valence-corrected chi connectivity index (χ3v) is 1.64. The third-order valence-electron chi connectivity index (χ3n) is 1.64. The van der Waals surface area contributed by atoms with E-state index in [1.165, 1.54) is 13.2 Å². The first-order chi connectivity index (χ1) is 6.77. The van der Waals surface area contributed by atoms with Gasteiger partial charge in [0.15, 0.2) is 0 Å². The van der Waals surface area contributed by atoms with Crippen LogP contribution < -0.4 is 0 Å². The number of nitriles is 1. The molecule has 3 heteroatoms. The molecular formula is C11H9NO2. The lowest BCUT2D eigenvalue weighted by molar-refractivity contribution is -0.135. The number of rotatable bonds is 2. The Morgan fingerprint density at radius 3 is 2.57 bits per heavy atom. The maximum atomic E-state index is 11.0. The van der Waals surface area contributed by atoms with Gasteiger partial charge in [-0.15, -0.1) is 0 Å². The second-order valence-corrected chi connectivity index (χ2v) is 2.57. The van der Waals surface area contributed by atoms with Gasteiger partial charge in [-0.1, -0.05) is 30.3 Å². The summed E-state index contributed by atoms with van der Waals surface area (Å²) in [7, 11) is 1.25. The molecular weight excluding hydrogens is 178 g/mol. The summed E-state index contributed by atoms with van der Waals surface area (Å²) in [6, 6.07) is 10.9. The normalized spacial score (nSPS) is 10.4. The van der Waals surface area contributed by atoms with Gasteiger partial charge >= 0.3 is 5.97 Å². The summed E-state index contributed by atoms with van der Waals surface area (Å²) in [6.45, 7) is 0. The molecule has 0 saturated heterocycles. The van der Waals surface area contributed by atoms with E-state index in [2.05, 4.69) is 4.74 Å². The highest BCUT2D eigenvalue weighted by Crippen LogP contribution is 2.06. The Bertz CT molecular complexity index is 387. The highest BCUT2D eigenvalue weighted by atomic mass is 16.5. The molecule has 3 nitrogen and oxygen atoms in total. The highest BCUT2D eigenvalue weighted by Gasteiger charge is 2.07. The van der Waals surface area contributed by atoms with Crippen molar-refractivity contribution < 1.29 is 9.53 Å². The van der Waals surface area contributed by atoms with Crippen molar-refractivity contribution in [1.82, 2.24) is 0 Å². The van der Waals surface area contributed by atoms with Crippen LogP contribution >= 0.6 is 0 Å². The van der Waals surface area contributed by atoms with E-state index in [0.29, 0.717) is 0 Å². The molecule has 0 radical (unpaired) electrons. The molecule has 0 unspecified atom stereocenters. The predicted octanol–water partition coefficient (Wildman–Crippen LogP) is 1.77. The molecule has 0 N–H and O–H groups in total. The van der Waals surface area contributed by atoms with Gasteiger partial charge in [0.1, 0.15) is 11.6 Å². The Morgan fingerprint density at radius 1 is 1.43 bits per heavy atom. The van der Waals surface area contributed by atoms with Gasteiger partial charge in [0.05, 0.1) is 7.11 Å². The van der Waals surface area contributed by atoms with Gasteiger partial charge in [0, 0.05) is 0 Å². The molecule has 0 atom stereocenters. The maximum Gasteiger partial charge on any atom is 0.348 e. The van der Waals surface area contributed by atoms with E-state index >= 15 is 0 Å². The Morgan fingerprint density at radius 2 is 2.07 bits per heavy atom. The fourth-order valence-corrected chi connectivity index (χ4v) is 0.963. The lowest BCUT2D eigenvalue weighted by atomic mass is 10.1. The van der Waals surface area contributed by atoms with Gasteiger partial charge in [0.25, 0.3) is 0 Å². The molecule has 1 aromatic carbocycles. The molecule has 0 aliphatic heterocycles. The molecule has 0 spiro atoms. The quantitative estimate of drug-likeness (QED) is 0.402. The second kappa shape index (κ2) is 4.83. The summed E-state index contributed by atoms with van der Waals surface area (Å²) < 4.78 is 4.45. The van der Waals surface area contributed by atoms with Crippen LogP contribution in [0, 0.1) is 11.3 Å². The van der Waals surface area contributed by atoms with Crippen molar-refractivity contribution in [2.24, 2.45) is 0 Å². The summed E-state index contributed by atoms with van der Waals surface area (Å²) in [6.07, 6.45) is 1.49. The summed E-state index contributed by atoms with van der Waals surface area (Å²) >= 11 is 0. The lowest BCUT2D eigenvalue weighted by Crippen LogP contribution is -2.02. The van der Waals surface area contributed by atoms with Crippen LogP contribution in [0.15, 0.2) is 35.9 Å². The van der Waals surface area contributed by atoms with Crippen LogP contribution in [0.1, 0.15) is 5.56 Å². The predicted molar refractivity (Wildman–Crippen MR) is 52.0 cm³/mol. The fraction of sp³-hybridized carbons (Fsp3) is 0.0909. The molecule has 14 heavy (non-hydrogen) atoms. The summed E-state index contributed by atoms with van der Waals surface area (Å²) in [5.74, 6) is -0.614. The van der Waals surface area contributed by atoms with Gasteiger partial charge in [0.2, 0.25) is 0 Å². The SMILES string of the molecule is COC(=O)C(C#N)=Cc1ccccc1. The topological polar surface area (TPSA) is 50.1 Å². The van der Waals surface area contributed by atoms with Crippen LogP contribution in [-0.2, 0) is 9.53 Å². The van der Waals surface area contributed by atoms with E-state index in [1.807, 2.05) is 18.2 Å². The zero-order chi connectivity index (χ0) is 10.4. The van der Waals surface area contributed by atoms with Crippen molar-refractivity contribution in [3.63, 3.8) is 0 Å². The number of ether oxygens (including phenoxy) is 1. The fourth-order valence-electron chi connectivity index (χ4n) is 0.963. The van der Waals surface area contributed by atoms with Crippen molar-refractivity contribution in [2.75, 3.05) is 7.11 Å². The van der Waals surface area contributed by atoms with Crippen molar-refractivity contribution in [3.8, 4) is 6.07 Å². The Hall–Kier alpha value is -2.08. The molecule has 0 heterocycles. The first-order valence-corrected chi connectivity index (χ1v) is 4.03. The monoisotopic (exact) mass is 187 g/mol. The molecule has 0 aliphatic rings. The third kappa shape index (κ3) is 2.46. The molecule has 0 saturated carbocycles. The van der Waals surface area contributed by atoms with Crippen molar-refractivity contribution in [3.05, 3.63) is 41.5 Å². The van der Waals surface area contributed by atoms with E-state index in [0.717, 1.165) is 5.56 Å². The molecule has 1 rings (SSSR count). The minimum absolute atomic E-state index is 0.00120. The molecule has 70 valence electrons. The average Bonchev–Trinajstić information content (AvgIpc) is 2.26. The van der Waals surface area contributed by atoms with E-state index in [-0.39, 0.29) is 5.57 Å². The zero-order valence-corrected chi connectivity index (χ0v) is 7.73. The number of carbonyl (C=O) groups is 1. The van der Waals surface area contributed by atoms with Gasteiger partial charge in [-0.05, 0) is 11.6 Å². The Balaban J connectivity index is 2.97.